The topological polar surface area (TPSA) is 48.7 Å². The van der Waals surface area contributed by atoms with Gasteiger partial charge in [-0.15, -0.1) is 0 Å². The lowest BCUT2D eigenvalue weighted by Gasteiger charge is -2.14. The Bertz CT molecular complexity index is 843. The van der Waals surface area contributed by atoms with Crippen molar-refractivity contribution in [2.24, 2.45) is 5.10 Å². The summed E-state index contributed by atoms with van der Waals surface area (Å²) in [5.74, 6) is 0.0757. The largest absolute Gasteiger partial charge is 0.506 e. The second-order valence-corrected chi connectivity index (χ2v) is 5.14. The summed E-state index contributed by atoms with van der Waals surface area (Å²) in [6.07, 6.45) is 1.60. The highest BCUT2D eigenvalue weighted by Gasteiger charge is 2.10. The van der Waals surface area contributed by atoms with Crippen LogP contribution in [0.5, 0.6) is 5.75 Å². The normalized spacial score (nSPS) is 11.6. The number of rotatable bonds is 3. The predicted octanol–water partition coefficient (Wildman–Crippen LogP) is 4.32. The molecule has 0 amide bonds. The number of hydrogen-bond donors (Lipinski definition) is 1. The molecule has 0 saturated heterocycles. The minimum Gasteiger partial charge on any atom is -0.506 e. The van der Waals surface area contributed by atoms with Gasteiger partial charge in [-0.25, -0.2) is 0 Å². The van der Waals surface area contributed by atoms with Crippen LogP contribution in [0.25, 0.3) is 10.8 Å². The van der Waals surface area contributed by atoms with E-state index < -0.39 is 0 Å². The van der Waals surface area contributed by atoms with Crippen LogP contribution in [0.4, 0.5) is 5.69 Å². The first-order valence-corrected chi connectivity index (χ1v) is 7.14. The van der Waals surface area contributed by atoms with E-state index in [2.05, 4.69) is 10.1 Å². The summed E-state index contributed by atoms with van der Waals surface area (Å²) in [5, 5.41) is 16.2. The van der Waals surface area contributed by atoms with Crippen molar-refractivity contribution in [3.8, 4) is 5.75 Å². The second kappa shape index (κ2) is 6.03. The maximum absolute atomic E-state index is 9.83. The zero-order chi connectivity index (χ0) is 15.5. The van der Waals surface area contributed by atoms with Gasteiger partial charge in [0.1, 0.15) is 11.4 Å². The number of hydrogen-bond acceptors (Lipinski definition) is 4. The zero-order valence-corrected chi connectivity index (χ0v) is 12.7. The minimum atomic E-state index is 0.0757. The van der Waals surface area contributed by atoms with Crippen LogP contribution in [0, 0.1) is 0 Å². The van der Waals surface area contributed by atoms with E-state index in [4.69, 9.17) is 11.8 Å². The Hall–Kier alpha value is -2.59. The molecule has 0 spiro atoms. The molecular formula is C17H14ClN3O. The molecular weight excluding hydrogens is 298 g/mol. The maximum atomic E-state index is 9.83. The molecule has 22 heavy (non-hydrogen) atoms. The molecule has 0 fully saturated rings. The fraction of sp³-hybridized carbons (Fsp3) is 0.0588. The summed E-state index contributed by atoms with van der Waals surface area (Å²) < 4.78 is 1.28. The molecule has 0 aliphatic heterocycles. The van der Waals surface area contributed by atoms with Crippen LogP contribution in [0.2, 0.25) is 0 Å². The van der Waals surface area contributed by atoms with Crippen LogP contribution in [-0.2, 0) is 0 Å². The summed E-state index contributed by atoms with van der Waals surface area (Å²) in [4.78, 5) is 4.12. The Morgan fingerprint density at radius 2 is 1.86 bits per heavy atom. The fourth-order valence-electron chi connectivity index (χ4n) is 2.28. The Balaban J connectivity index is 2.01. The van der Waals surface area contributed by atoms with Crippen molar-refractivity contribution in [3.05, 3.63) is 66.5 Å². The van der Waals surface area contributed by atoms with Crippen molar-refractivity contribution in [2.75, 3.05) is 4.53 Å². The minimum absolute atomic E-state index is 0.0757. The van der Waals surface area contributed by atoms with Crippen LogP contribution in [0.15, 0.2) is 65.9 Å². The number of aromatic nitrogens is 1. The third-order valence-corrected chi connectivity index (χ3v) is 3.59. The summed E-state index contributed by atoms with van der Waals surface area (Å²) in [5.41, 5.74) is 1.71. The number of anilines is 1. The first-order valence-electron chi connectivity index (χ1n) is 6.80. The number of fused-ring (bicyclic) bond motifs is 1. The molecule has 110 valence electrons. The van der Waals surface area contributed by atoms with Crippen molar-refractivity contribution in [2.45, 2.75) is 6.92 Å². The Morgan fingerprint density at radius 3 is 2.68 bits per heavy atom. The van der Waals surface area contributed by atoms with Crippen LogP contribution in [-0.4, -0.2) is 15.8 Å². The van der Waals surface area contributed by atoms with E-state index in [1.807, 2.05) is 42.5 Å². The zero-order valence-electron chi connectivity index (χ0n) is 11.9. The lowest BCUT2D eigenvalue weighted by molar-refractivity contribution is 0.471. The monoisotopic (exact) mass is 311 g/mol. The summed E-state index contributed by atoms with van der Waals surface area (Å²) in [7, 11) is 0. The maximum Gasteiger partial charge on any atom is 0.143 e. The highest BCUT2D eigenvalue weighted by atomic mass is 35.5. The molecule has 0 bridgehead atoms. The van der Waals surface area contributed by atoms with E-state index in [0.29, 0.717) is 11.4 Å². The molecule has 0 unspecified atom stereocenters. The third kappa shape index (κ3) is 2.73. The molecule has 0 atom stereocenters. The number of hydrazone groups is 1. The number of pyridine rings is 1. The molecule has 3 aromatic rings. The molecule has 1 aromatic heterocycles. The number of halogens is 1. The van der Waals surface area contributed by atoms with Gasteiger partial charge >= 0.3 is 0 Å². The van der Waals surface area contributed by atoms with Gasteiger partial charge in [-0.3, -0.25) is 4.98 Å². The van der Waals surface area contributed by atoms with Gasteiger partial charge in [0, 0.05) is 23.4 Å². The van der Waals surface area contributed by atoms with Crippen LogP contribution in [0.3, 0.4) is 0 Å². The van der Waals surface area contributed by atoms with Crippen LogP contribution >= 0.6 is 11.8 Å². The van der Waals surface area contributed by atoms with Gasteiger partial charge in [-0.2, -0.15) is 9.63 Å². The van der Waals surface area contributed by atoms with E-state index >= 15 is 0 Å². The standard InChI is InChI=1S/C17H14ClN3O/c1-12(17-16(22)10-5-11-19-17)20-21(18)15-9-4-7-13-6-2-3-8-14(13)15/h2-11,22H,1H3. The van der Waals surface area contributed by atoms with Crippen LogP contribution < -0.4 is 4.53 Å². The molecule has 0 radical (unpaired) electrons. The lowest BCUT2D eigenvalue weighted by atomic mass is 10.1. The van der Waals surface area contributed by atoms with Gasteiger partial charge in [0.15, 0.2) is 0 Å². The molecule has 1 heterocycles. The molecule has 0 aliphatic carbocycles. The number of benzene rings is 2. The van der Waals surface area contributed by atoms with E-state index in [9.17, 15) is 5.11 Å². The summed E-state index contributed by atoms with van der Waals surface area (Å²) in [6.45, 7) is 1.75. The van der Waals surface area contributed by atoms with E-state index in [0.717, 1.165) is 16.5 Å². The average molecular weight is 312 g/mol. The molecule has 1 N–H and O–H groups in total. The number of nitrogens with zero attached hydrogens (tertiary/aromatic N) is 3. The lowest BCUT2D eigenvalue weighted by Crippen LogP contribution is -2.08. The Kier molecular flexibility index (Phi) is 3.94. The molecule has 5 heteroatoms. The van der Waals surface area contributed by atoms with Gasteiger partial charge in [-0.05, 0) is 30.5 Å². The van der Waals surface area contributed by atoms with E-state index in [1.165, 1.54) is 4.53 Å². The predicted molar refractivity (Wildman–Crippen MR) is 90.4 cm³/mol. The highest BCUT2D eigenvalue weighted by Crippen LogP contribution is 2.28. The molecule has 0 saturated carbocycles. The van der Waals surface area contributed by atoms with Crippen molar-refractivity contribution in [3.63, 3.8) is 0 Å². The Labute approximate surface area is 133 Å². The second-order valence-electron chi connectivity index (χ2n) is 4.81. The van der Waals surface area contributed by atoms with Crippen molar-refractivity contribution in [1.29, 1.82) is 0 Å². The molecule has 3 rings (SSSR count). The van der Waals surface area contributed by atoms with Crippen LogP contribution in [0.1, 0.15) is 12.6 Å². The van der Waals surface area contributed by atoms with E-state index in [-0.39, 0.29) is 5.75 Å². The quantitative estimate of drug-likeness (QED) is 0.445. The third-order valence-electron chi connectivity index (χ3n) is 3.33. The molecule has 0 aliphatic rings. The van der Waals surface area contributed by atoms with Crippen molar-refractivity contribution >= 4 is 33.9 Å². The van der Waals surface area contributed by atoms with Gasteiger partial charge in [-0.1, -0.05) is 36.4 Å². The fourth-order valence-corrected chi connectivity index (χ4v) is 2.54. The van der Waals surface area contributed by atoms with Gasteiger partial charge in [0.05, 0.1) is 11.4 Å². The smallest absolute Gasteiger partial charge is 0.143 e. The van der Waals surface area contributed by atoms with Gasteiger partial charge in [0.2, 0.25) is 0 Å². The van der Waals surface area contributed by atoms with Gasteiger partial charge < -0.3 is 5.11 Å². The number of aromatic hydroxyl groups is 1. The van der Waals surface area contributed by atoms with Crippen molar-refractivity contribution < 1.29 is 5.11 Å². The van der Waals surface area contributed by atoms with Crippen molar-refractivity contribution in [1.82, 2.24) is 4.98 Å². The van der Waals surface area contributed by atoms with Gasteiger partial charge in [0.25, 0.3) is 0 Å². The van der Waals surface area contributed by atoms with E-state index in [1.54, 1.807) is 25.3 Å². The molecule has 4 nitrogen and oxygen atoms in total. The first-order chi connectivity index (χ1) is 10.7. The summed E-state index contributed by atoms with van der Waals surface area (Å²) >= 11 is 6.32. The Morgan fingerprint density at radius 1 is 1.09 bits per heavy atom. The summed E-state index contributed by atoms with van der Waals surface area (Å²) in [6, 6.07) is 17.0. The SMILES string of the molecule is CC(=NN(Cl)c1cccc2ccccc12)c1ncccc1O. The first kappa shape index (κ1) is 14.4. The highest BCUT2D eigenvalue weighted by molar-refractivity contribution is 6.28. The molecule has 2 aromatic carbocycles. The average Bonchev–Trinajstić information content (AvgIpc) is 2.54.